The summed E-state index contributed by atoms with van der Waals surface area (Å²) in [5, 5.41) is 20.7. The normalized spacial score (nSPS) is 9.65. The van der Waals surface area contributed by atoms with Crippen molar-refractivity contribution in [3.63, 3.8) is 0 Å². The summed E-state index contributed by atoms with van der Waals surface area (Å²) >= 11 is 0. The van der Waals surface area contributed by atoms with E-state index in [1.54, 1.807) is 0 Å². The molecule has 0 spiro atoms. The Bertz CT molecular complexity index is 412. The molecule has 1 aromatic carbocycles. The number of carbonyl (C=O) groups is 2. The second-order valence-electron chi connectivity index (χ2n) is 3.16. The molecule has 5 N–H and O–H groups in total. The molecule has 0 aliphatic carbocycles. The van der Waals surface area contributed by atoms with Crippen molar-refractivity contribution in [2.45, 2.75) is 0 Å². The zero-order chi connectivity index (χ0) is 12.8. The quantitative estimate of drug-likeness (QED) is 0.548. The van der Waals surface area contributed by atoms with Crippen molar-refractivity contribution in [2.75, 3.05) is 13.2 Å². The van der Waals surface area contributed by atoms with E-state index < -0.39 is 12.0 Å². The average Bonchev–Trinajstić information content (AvgIpc) is 2.22. The van der Waals surface area contributed by atoms with Crippen molar-refractivity contribution >= 4 is 12.0 Å². The molecule has 0 fully saturated rings. The molecular weight excluding hydrogens is 228 g/mol. The number of benzene rings is 1. The highest BCUT2D eigenvalue weighted by Gasteiger charge is 2.07. The number of nitrogens with one attached hydrogen (secondary N) is 1. The molecule has 0 unspecified atom stereocenters. The lowest BCUT2D eigenvalue weighted by Crippen LogP contribution is -2.28. The van der Waals surface area contributed by atoms with E-state index in [0.717, 1.165) is 6.07 Å². The Labute approximate surface area is 96.8 Å². The maximum Gasteiger partial charge on any atom is 0.404 e. The molecule has 2 amide bonds. The minimum atomic E-state index is -0.922. The van der Waals surface area contributed by atoms with Crippen molar-refractivity contribution in [3.05, 3.63) is 23.8 Å². The molecule has 0 aliphatic heterocycles. The highest BCUT2D eigenvalue weighted by Crippen LogP contribution is 2.20. The fourth-order valence-corrected chi connectivity index (χ4v) is 1.14. The number of ether oxygens (including phenoxy) is 1. The minimum absolute atomic E-state index is 0.0497. The number of rotatable bonds is 4. The predicted molar refractivity (Wildman–Crippen MR) is 57.6 cm³/mol. The summed E-state index contributed by atoms with van der Waals surface area (Å²) in [5.41, 5.74) is 4.82. The van der Waals surface area contributed by atoms with Crippen LogP contribution in [-0.4, -0.2) is 35.4 Å². The second-order valence-corrected chi connectivity index (χ2v) is 3.16. The summed E-state index contributed by atoms with van der Waals surface area (Å²) in [6, 6.07) is 3.50. The fraction of sp³-hybridized carbons (Fsp3) is 0.200. The highest BCUT2D eigenvalue weighted by molar-refractivity contribution is 5.95. The minimum Gasteiger partial charge on any atom is -0.508 e. The Balaban J connectivity index is 2.49. The van der Waals surface area contributed by atoms with Crippen LogP contribution in [-0.2, 0) is 4.74 Å². The third-order valence-corrected chi connectivity index (χ3v) is 1.80. The van der Waals surface area contributed by atoms with Gasteiger partial charge in [-0.3, -0.25) is 4.79 Å². The molecule has 0 saturated heterocycles. The summed E-state index contributed by atoms with van der Waals surface area (Å²) in [4.78, 5) is 21.7. The average molecular weight is 240 g/mol. The number of hydrogen-bond acceptors (Lipinski definition) is 5. The molecule has 0 aliphatic rings. The van der Waals surface area contributed by atoms with Crippen molar-refractivity contribution in [2.24, 2.45) is 5.73 Å². The van der Waals surface area contributed by atoms with Gasteiger partial charge in [0.2, 0.25) is 0 Å². The van der Waals surface area contributed by atoms with E-state index in [9.17, 15) is 9.59 Å². The summed E-state index contributed by atoms with van der Waals surface area (Å²) in [5.74, 6) is -0.948. The number of primary amides is 1. The topological polar surface area (TPSA) is 122 Å². The van der Waals surface area contributed by atoms with E-state index >= 15 is 0 Å². The first-order valence-corrected chi connectivity index (χ1v) is 4.72. The van der Waals surface area contributed by atoms with Gasteiger partial charge in [0.25, 0.3) is 5.91 Å². The first-order chi connectivity index (χ1) is 7.99. The van der Waals surface area contributed by atoms with Gasteiger partial charge in [-0.2, -0.15) is 0 Å². The Morgan fingerprint density at radius 2 is 1.82 bits per heavy atom. The van der Waals surface area contributed by atoms with Gasteiger partial charge in [-0.25, -0.2) is 4.79 Å². The third-order valence-electron chi connectivity index (χ3n) is 1.80. The molecule has 92 valence electrons. The molecule has 0 bridgehead atoms. The number of carbonyl (C=O) groups excluding carboxylic acids is 2. The van der Waals surface area contributed by atoms with Gasteiger partial charge in [-0.15, -0.1) is 0 Å². The molecule has 1 aromatic rings. The second kappa shape index (κ2) is 5.59. The van der Waals surface area contributed by atoms with E-state index in [2.05, 4.69) is 10.1 Å². The van der Waals surface area contributed by atoms with Crippen molar-refractivity contribution in [1.82, 2.24) is 5.32 Å². The number of aromatic hydroxyl groups is 2. The van der Waals surface area contributed by atoms with Gasteiger partial charge in [0.05, 0.1) is 6.54 Å². The van der Waals surface area contributed by atoms with Gasteiger partial charge in [0, 0.05) is 11.6 Å². The van der Waals surface area contributed by atoms with Gasteiger partial charge >= 0.3 is 6.09 Å². The van der Waals surface area contributed by atoms with Crippen LogP contribution in [0, 0.1) is 0 Å². The van der Waals surface area contributed by atoms with E-state index in [0.29, 0.717) is 0 Å². The summed E-state index contributed by atoms with van der Waals surface area (Å²) in [7, 11) is 0. The number of phenols is 2. The molecule has 0 atom stereocenters. The van der Waals surface area contributed by atoms with E-state index in [-0.39, 0.29) is 30.2 Å². The summed E-state index contributed by atoms with van der Waals surface area (Å²) in [6.07, 6.45) is -0.922. The van der Waals surface area contributed by atoms with E-state index in [4.69, 9.17) is 15.9 Å². The summed E-state index contributed by atoms with van der Waals surface area (Å²) in [6.45, 7) is 0.0318. The molecule has 7 nitrogen and oxygen atoms in total. The van der Waals surface area contributed by atoms with E-state index in [1.807, 2.05) is 0 Å². The Kier molecular flexibility index (Phi) is 4.15. The molecule has 0 saturated carbocycles. The first kappa shape index (κ1) is 12.6. The lowest BCUT2D eigenvalue weighted by atomic mass is 10.2. The van der Waals surface area contributed by atoms with Gasteiger partial charge < -0.3 is 26.0 Å². The SMILES string of the molecule is NC(=O)OCCNC(=O)c1cc(O)cc(O)c1. The smallest absolute Gasteiger partial charge is 0.404 e. The monoisotopic (exact) mass is 240 g/mol. The van der Waals surface area contributed by atoms with Crippen molar-refractivity contribution < 1.29 is 24.5 Å². The molecule has 17 heavy (non-hydrogen) atoms. The number of phenolic OH excluding ortho intramolecular Hbond substituents is 2. The fourth-order valence-electron chi connectivity index (χ4n) is 1.14. The van der Waals surface area contributed by atoms with Crippen LogP contribution in [0.25, 0.3) is 0 Å². The number of amides is 2. The Hall–Kier alpha value is -2.44. The molecule has 1 rings (SSSR count). The third kappa shape index (κ3) is 4.29. The predicted octanol–water partition coefficient (Wildman–Crippen LogP) is -0.0771. The lowest BCUT2D eigenvalue weighted by Gasteiger charge is -2.06. The van der Waals surface area contributed by atoms with Gasteiger partial charge in [-0.1, -0.05) is 0 Å². The molecule has 7 heteroatoms. The van der Waals surface area contributed by atoms with Crippen LogP contribution in [0.15, 0.2) is 18.2 Å². The van der Waals surface area contributed by atoms with Crippen LogP contribution in [0.2, 0.25) is 0 Å². The zero-order valence-electron chi connectivity index (χ0n) is 8.84. The standard InChI is InChI=1S/C10H12N2O5/c11-10(16)17-2-1-12-9(15)6-3-7(13)5-8(14)4-6/h3-5,13-14H,1-2H2,(H2,11,16)(H,12,15). The van der Waals surface area contributed by atoms with Crippen molar-refractivity contribution in [3.8, 4) is 11.5 Å². The molecule has 0 aromatic heterocycles. The number of nitrogens with two attached hydrogens (primary N) is 1. The summed E-state index contributed by atoms with van der Waals surface area (Å²) < 4.78 is 4.40. The Morgan fingerprint density at radius 1 is 1.24 bits per heavy atom. The van der Waals surface area contributed by atoms with Crippen LogP contribution in [0.3, 0.4) is 0 Å². The molecular formula is C10H12N2O5. The maximum absolute atomic E-state index is 11.5. The van der Waals surface area contributed by atoms with Gasteiger partial charge in [0.1, 0.15) is 18.1 Å². The maximum atomic E-state index is 11.5. The van der Waals surface area contributed by atoms with Gasteiger partial charge in [0.15, 0.2) is 0 Å². The zero-order valence-corrected chi connectivity index (χ0v) is 8.84. The van der Waals surface area contributed by atoms with E-state index in [1.165, 1.54) is 12.1 Å². The lowest BCUT2D eigenvalue weighted by molar-refractivity contribution is 0.0936. The van der Waals surface area contributed by atoms with Crippen LogP contribution in [0.5, 0.6) is 11.5 Å². The Morgan fingerprint density at radius 3 is 2.35 bits per heavy atom. The van der Waals surface area contributed by atoms with Crippen LogP contribution in [0.4, 0.5) is 4.79 Å². The van der Waals surface area contributed by atoms with Crippen LogP contribution >= 0.6 is 0 Å². The van der Waals surface area contributed by atoms with Crippen LogP contribution in [0.1, 0.15) is 10.4 Å². The largest absolute Gasteiger partial charge is 0.508 e. The van der Waals surface area contributed by atoms with Crippen LogP contribution < -0.4 is 11.1 Å². The number of hydrogen-bond donors (Lipinski definition) is 4. The molecule has 0 heterocycles. The van der Waals surface area contributed by atoms with Gasteiger partial charge in [-0.05, 0) is 12.1 Å². The highest BCUT2D eigenvalue weighted by atomic mass is 16.5. The first-order valence-electron chi connectivity index (χ1n) is 4.72. The van der Waals surface area contributed by atoms with Crippen molar-refractivity contribution in [1.29, 1.82) is 0 Å². The molecule has 0 radical (unpaired) electrons.